The van der Waals surface area contributed by atoms with Crippen LogP contribution in [0.4, 0.5) is 17.1 Å². The van der Waals surface area contributed by atoms with Gasteiger partial charge in [-0.25, -0.2) is 0 Å². The van der Waals surface area contributed by atoms with E-state index in [-0.39, 0.29) is 29.6 Å². The van der Waals surface area contributed by atoms with Crippen molar-refractivity contribution in [1.82, 2.24) is 0 Å². The first-order valence-electron chi connectivity index (χ1n) is 10.2. The molecule has 0 atom stereocenters. The summed E-state index contributed by atoms with van der Waals surface area (Å²) < 4.78 is 15.6. The molecule has 0 heterocycles. The largest absolute Gasteiger partial charge is 0.497 e. The van der Waals surface area contributed by atoms with E-state index in [1.54, 1.807) is 38.3 Å². The van der Waals surface area contributed by atoms with Crippen LogP contribution >= 0.6 is 0 Å². The summed E-state index contributed by atoms with van der Waals surface area (Å²) in [6.45, 7) is 2.00. The highest BCUT2D eigenvalue weighted by atomic mass is 16.6. The van der Waals surface area contributed by atoms with Crippen molar-refractivity contribution in [2.75, 3.05) is 31.5 Å². The summed E-state index contributed by atoms with van der Waals surface area (Å²) in [6, 6.07) is 15.4. The lowest BCUT2D eigenvalue weighted by Gasteiger charge is -2.12. The van der Waals surface area contributed by atoms with Crippen molar-refractivity contribution >= 4 is 28.9 Å². The average molecular weight is 465 g/mol. The minimum absolute atomic E-state index is 0.167. The Balaban J connectivity index is 1.75. The number of rotatable bonds is 9. The van der Waals surface area contributed by atoms with Gasteiger partial charge in [-0.05, 0) is 55.5 Å². The number of amides is 2. The number of nitro groups is 1. The maximum atomic E-state index is 12.8. The SMILES string of the molecule is CCOc1cc([N+](=O)[O-])c(C(=O)Nc2ccc(C(=O)Nc3ccc(OC)cc3)cc2)cc1OC. The van der Waals surface area contributed by atoms with Gasteiger partial charge in [0.2, 0.25) is 0 Å². The monoisotopic (exact) mass is 465 g/mol. The van der Waals surface area contributed by atoms with Gasteiger partial charge in [-0.1, -0.05) is 0 Å². The Morgan fingerprint density at radius 1 is 0.853 bits per heavy atom. The van der Waals surface area contributed by atoms with Crippen LogP contribution in [0.15, 0.2) is 60.7 Å². The Labute approximate surface area is 195 Å². The fraction of sp³-hybridized carbons (Fsp3) is 0.167. The second-order valence-electron chi connectivity index (χ2n) is 6.92. The molecule has 0 aromatic heterocycles. The fourth-order valence-electron chi connectivity index (χ4n) is 3.09. The third kappa shape index (κ3) is 5.60. The summed E-state index contributed by atoms with van der Waals surface area (Å²) in [6.07, 6.45) is 0. The molecule has 0 aliphatic heterocycles. The normalized spacial score (nSPS) is 10.2. The topological polar surface area (TPSA) is 129 Å². The molecule has 0 aliphatic rings. The zero-order valence-corrected chi connectivity index (χ0v) is 18.8. The number of methoxy groups -OCH3 is 2. The first kappa shape index (κ1) is 24.1. The summed E-state index contributed by atoms with van der Waals surface area (Å²) in [7, 11) is 2.93. The maximum Gasteiger partial charge on any atom is 0.286 e. The number of nitrogens with one attached hydrogen (secondary N) is 2. The molecule has 0 spiro atoms. The third-order valence-electron chi connectivity index (χ3n) is 4.78. The molecule has 0 unspecified atom stereocenters. The molecule has 2 N–H and O–H groups in total. The summed E-state index contributed by atoms with van der Waals surface area (Å²) >= 11 is 0. The van der Waals surface area contributed by atoms with Gasteiger partial charge in [-0.3, -0.25) is 19.7 Å². The van der Waals surface area contributed by atoms with Gasteiger partial charge in [0.1, 0.15) is 11.3 Å². The van der Waals surface area contributed by atoms with Crippen molar-refractivity contribution in [2.24, 2.45) is 0 Å². The number of carbonyl (C=O) groups is 2. The van der Waals surface area contributed by atoms with Crippen LogP contribution in [-0.2, 0) is 0 Å². The smallest absolute Gasteiger partial charge is 0.286 e. The van der Waals surface area contributed by atoms with Crippen molar-refractivity contribution in [1.29, 1.82) is 0 Å². The Hall–Kier alpha value is -4.60. The lowest BCUT2D eigenvalue weighted by molar-refractivity contribution is -0.385. The summed E-state index contributed by atoms with van der Waals surface area (Å²) in [5.41, 5.74) is 0.708. The van der Waals surface area contributed by atoms with Crippen LogP contribution in [0.2, 0.25) is 0 Å². The van der Waals surface area contributed by atoms with Crippen molar-refractivity contribution in [3.63, 3.8) is 0 Å². The Kier molecular flexibility index (Phi) is 7.65. The van der Waals surface area contributed by atoms with Gasteiger partial charge >= 0.3 is 0 Å². The molecule has 0 bridgehead atoms. The molecular weight excluding hydrogens is 442 g/mol. The van der Waals surface area contributed by atoms with E-state index in [1.165, 1.54) is 37.4 Å². The van der Waals surface area contributed by atoms with E-state index in [9.17, 15) is 19.7 Å². The molecule has 0 radical (unpaired) electrons. The molecular formula is C24H23N3O7. The number of ether oxygens (including phenoxy) is 3. The van der Waals surface area contributed by atoms with E-state index in [2.05, 4.69) is 10.6 Å². The Bertz CT molecular complexity index is 1190. The minimum Gasteiger partial charge on any atom is -0.497 e. The zero-order valence-electron chi connectivity index (χ0n) is 18.8. The molecule has 2 amide bonds. The summed E-state index contributed by atoms with van der Waals surface area (Å²) in [4.78, 5) is 36.1. The number of benzene rings is 3. The number of carbonyl (C=O) groups excluding carboxylic acids is 2. The summed E-state index contributed by atoms with van der Waals surface area (Å²) in [5.74, 6) is -0.00878. The molecule has 34 heavy (non-hydrogen) atoms. The molecule has 0 saturated heterocycles. The predicted molar refractivity (Wildman–Crippen MR) is 126 cm³/mol. The third-order valence-corrected chi connectivity index (χ3v) is 4.78. The van der Waals surface area contributed by atoms with E-state index in [0.717, 1.165) is 6.07 Å². The van der Waals surface area contributed by atoms with E-state index >= 15 is 0 Å². The standard InChI is InChI=1S/C24H23N3O7/c1-4-34-22-14-20(27(30)31)19(13-21(22)33-3)24(29)26-16-7-5-15(6-8-16)23(28)25-17-9-11-18(32-2)12-10-17/h5-14H,4H2,1-3H3,(H,25,28)(H,26,29). The van der Waals surface area contributed by atoms with E-state index in [4.69, 9.17) is 14.2 Å². The molecule has 0 aliphatic carbocycles. The minimum atomic E-state index is -0.705. The predicted octanol–water partition coefficient (Wildman–Crippen LogP) is 4.52. The van der Waals surface area contributed by atoms with Crippen molar-refractivity contribution < 1.29 is 28.7 Å². The fourth-order valence-corrected chi connectivity index (χ4v) is 3.09. The quantitative estimate of drug-likeness (QED) is 0.351. The Morgan fingerprint density at radius 2 is 1.44 bits per heavy atom. The molecule has 3 aromatic rings. The first-order chi connectivity index (χ1) is 16.4. The molecule has 3 rings (SSSR count). The van der Waals surface area contributed by atoms with Crippen LogP contribution in [-0.4, -0.2) is 37.6 Å². The van der Waals surface area contributed by atoms with Crippen LogP contribution in [0.5, 0.6) is 17.2 Å². The van der Waals surface area contributed by atoms with Gasteiger partial charge in [-0.15, -0.1) is 0 Å². The molecule has 176 valence electrons. The Morgan fingerprint density at radius 3 is 1.97 bits per heavy atom. The van der Waals surface area contributed by atoms with E-state index < -0.39 is 16.5 Å². The number of anilines is 2. The summed E-state index contributed by atoms with van der Waals surface area (Å²) in [5, 5.41) is 16.9. The highest BCUT2D eigenvalue weighted by molar-refractivity contribution is 6.08. The molecule has 0 saturated carbocycles. The van der Waals surface area contributed by atoms with E-state index in [0.29, 0.717) is 22.7 Å². The van der Waals surface area contributed by atoms with Crippen molar-refractivity contribution in [3.8, 4) is 17.2 Å². The number of hydrogen-bond acceptors (Lipinski definition) is 7. The number of nitro benzene ring substituents is 1. The number of hydrogen-bond donors (Lipinski definition) is 2. The number of nitrogens with zero attached hydrogens (tertiary/aromatic N) is 1. The maximum absolute atomic E-state index is 12.8. The lowest BCUT2D eigenvalue weighted by atomic mass is 10.1. The second kappa shape index (κ2) is 10.8. The van der Waals surface area contributed by atoms with Gasteiger partial charge in [0.25, 0.3) is 17.5 Å². The van der Waals surface area contributed by atoms with Crippen LogP contribution < -0.4 is 24.8 Å². The highest BCUT2D eigenvalue weighted by Gasteiger charge is 2.25. The van der Waals surface area contributed by atoms with Crippen molar-refractivity contribution in [2.45, 2.75) is 6.92 Å². The highest BCUT2D eigenvalue weighted by Crippen LogP contribution is 2.35. The molecule has 10 nitrogen and oxygen atoms in total. The first-order valence-corrected chi connectivity index (χ1v) is 10.2. The van der Waals surface area contributed by atoms with Gasteiger partial charge in [0.15, 0.2) is 11.5 Å². The lowest BCUT2D eigenvalue weighted by Crippen LogP contribution is -2.15. The van der Waals surface area contributed by atoms with Gasteiger partial charge in [0, 0.05) is 23.0 Å². The van der Waals surface area contributed by atoms with Crippen LogP contribution in [0.3, 0.4) is 0 Å². The molecule has 3 aromatic carbocycles. The zero-order chi connectivity index (χ0) is 24.7. The van der Waals surface area contributed by atoms with Crippen LogP contribution in [0.25, 0.3) is 0 Å². The molecule has 10 heteroatoms. The van der Waals surface area contributed by atoms with Gasteiger partial charge < -0.3 is 24.8 Å². The average Bonchev–Trinajstić information content (AvgIpc) is 2.84. The van der Waals surface area contributed by atoms with E-state index in [1.807, 2.05) is 0 Å². The second-order valence-corrected chi connectivity index (χ2v) is 6.92. The van der Waals surface area contributed by atoms with Gasteiger partial charge in [0.05, 0.1) is 31.8 Å². The van der Waals surface area contributed by atoms with Gasteiger partial charge in [-0.2, -0.15) is 0 Å². The van der Waals surface area contributed by atoms with Crippen LogP contribution in [0, 0.1) is 10.1 Å². The van der Waals surface area contributed by atoms with Crippen LogP contribution in [0.1, 0.15) is 27.6 Å². The van der Waals surface area contributed by atoms with Crippen molar-refractivity contribution in [3.05, 3.63) is 81.9 Å². The molecule has 0 fully saturated rings.